The second-order valence-corrected chi connectivity index (χ2v) is 3.76. The molecule has 0 amide bonds. The molecule has 1 heterocycles. The van der Waals surface area contributed by atoms with Crippen molar-refractivity contribution in [3.63, 3.8) is 0 Å². The molecule has 1 aromatic carbocycles. The Kier molecular flexibility index (Phi) is 1.23. The lowest BCUT2D eigenvalue weighted by atomic mass is 10.1. The number of benzene rings is 1. The van der Waals surface area contributed by atoms with E-state index in [2.05, 4.69) is 20.9 Å². The van der Waals surface area contributed by atoms with Gasteiger partial charge in [-0.25, -0.2) is 0 Å². The normalized spacial score (nSPS) is 15.3. The van der Waals surface area contributed by atoms with Crippen molar-refractivity contribution in [1.29, 1.82) is 0 Å². The minimum absolute atomic E-state index is 1.07. The molecule has 3 heteroatoms. The van der Waals surface area contributed by atoms with Crippen molar-refractivity contribution in [3.05, 3.63) is 23.3 Å². The van der Waals surface area contributed by atoms with Crippen molar-refractivity contribution < 1.29 is 0 Å². The SMILES string of the molecule is c1c2c(cc3nsnc13)CCC2. The molecule has 0 radical (unpaired) electrons. The Hall–Kier alpha value is -0.960. The van der Waals surface area contributed by atoms with Crippen molar-refractivity contribution in [2.24, 2.45) is 0 Å². The van der Waals surface area contributed by atoms with Crippen LogP contribution in [0.1, 0.15) is 17.5 Å². The van der Waals surface area contributed by atoms with Gasteiger partial charge in [-0.05, 0) is 42.5 Å². The molecule has 0 saturated heterocycles. The molecule has 2 nitrogen and oxygen atoms in total. The largest absolute Gasteiger partial charge is 0.173 e. The van der Waals surface area contributed by atoms with E-state index in [1.54, 1.807) is 0 Å². The lowest BCUT2D eigenvalue weighted by Gasteiger charge is -1.95. The molecule has 0 fully saturated rings. The van der Waals surface area contributed by atoms with Gasteiger partial charge in [-0.1, -0.05) is 0 Å². The lowest BCUT2D eigenvalue weighted by molar-refractivity contribution is 0.912. The van der Waals surface area contributed by atoms with Gasteiger partial charge in [0.2, 0.25) is 0 Å². The third kappa shape index (κ3) is 0.799. The summed E-state index contributed by atoms with van der Waals surface area (Å²) >= 11 is 1.30. The highest BCUT2D eigenvalue weighted by Crippen LogP contribution is 2.25. The molecule has 0 unspecified atom stereocenters. The predicted molar refractivity (Wildman–Crippen MR) is 49.4 cm³/mol. The molecule has 12 heavy (non-hydrogen) atoms. The van der Waals surface area contributed by atoms with Gasteiger partial charge in [0, 0.05) is 0 Å². The molecule has 1 aromatic heterocycles. The van der Waals surface area contributed by atoms with E-state index in [-0.39, 0.29) is 0 Å². The van der Waals surface area contributed by atoms with Crippen LogP contribution in [0.4, 0.5) is 0 Å². The van der Waals surface area contributed by atoms with Crippen LogP contribution in [0.5, 0.6) is 0 Å². The Bertz CT molecular complexity index is 395. The third-order valence-corrected chi connectivity index (χ3v) is 3.02. The summed E-state index contributed by atoms with van der Waals surface area (Å²) in [6.45, 7) is 0. The first-order valence-corrected chi connectivity index (χ1v) is 4.90. The first-order valence-electron chi connectivity index (χ1n) is 4.17. The lowest BCUT2D eigenvalue weighted by Crippen LogP contribution is -1.81. The monoisotopic (exact) mass is 176 g/mol. The highest BCUT2D eigenvalue weighted by molar-refractivity contribution is 7.00. The standard InChI is InChI=1S/C9H8N2S/c1-2-6-4-8-9(11-12-10-8)5-7(6)3-1/h4-5H,1-3H2. The van der Waals surface area contributed by atoms with Crippen molar-refractivity contribution in [1.82, 2.24) is 8.75 Å². The first kappa shape index (κ1) is 6.54. The van der Waals surface area contributed by atoms with Crippen LogP contribution in [0, 0.1) is 0 Å². The molecule has 60 valence electrons. The van der Waals surface area contributed by atoms with Crippen LogP contribution < -0.4 is 0 Å². The summed E-state index contributed by atoms with van der Waals surface area (Å²) in [6.07, 6.45) is 3.75. The van der Waals surface area contributed by atoms with Crippen molar-refractivity contribution in [3.8, 4) is 0 Å². The number of rotatable bonds is 0. The highest BCUT2D eigenvalue weighted by atomic mass is 32.1. The summed E-state index contributed by atoms with van der Waals surface area (Å²) in [6, 6.07) is 4.39. The molecule has 0 aliphatic heterocycles. The van der Waals surface area contributed by atoms with Crippen LogP contribution in [0.2, 0.25) is 0 Å². The number of aryl methyl sites for hydroxylation is 2. The Morgan fingerprint density at radius 1 is 1.00 bits per heavy atom. The zero-order chi connectivity index (χ0) is 7.97. The number of fused-ring (bicyclic) bond motifs is 2. The van der Waals surface area contributed by atoms with Crippen LogP contribution in [0.3, 0.4) is 0 Å². The van der Waals surface area contributed by atoms with Gasteiger partial charge in [-0.15, -0.1) is 0 Å². The van der Waals surface area contributed by atoms with E-state index in [1.807, 2.05) is 0 Å². The highest BCUT2D eigenvalue weighted by Gasteiger charge is 2.12. The third-order valence-electron chi connectivity index (χ3n) is 2.47. The van der Waals surface area contributed by atoms with E-state index in [9.17, 15) is 0 Å². The molecular formula is C9H8N2S. The van der Waals surface area contributed by atoms with Gasteiger partial charge in [-0.2, -0.15) is 8.75 Å². The van der Waals surface area contributed by atoms with E-state index in [0.29, 0.717) is 0 Å². The maximum Gasteiger partial charge on any atom is 0.105 e. The molecule has 1 aliphatic carbocycles. The van der Waals surface area contributed by atoms with Crippen LogP contribution in [-0.4, -0.2) is 8.75 Å². The minimum Gasteiger partial charge on any atom is -0.173 e. The molecule has 0 bridgehead atoms. The van der Waals surface area contributed by atoms with Crippen LogP contribution in [-0.2, 0) is 12.8 Å². The first-order chi connectivity index (χ1) is 5.93. The summed E-state index contributed by atoms with van der Waals surface area (Å²) in [4.78, 5) is 0. The van der Waals surface area contributed by atoms with Crippen LogP contribution in [0.25, 0.3) is 11.0 Å². The molecule has 0 saturated carbocycles. The van der Waals surface area contributed by atoms with Crippen molar-refractivity contribution >= 4 is 22.8 Å². The topological polar surface area (TPSA) is 25.8 Å². The summed E-state index contributed by atoms with van der Waals surface area (Å²) in [5, 5.41) is 0. The Balaban J connectivity index is 2.38. The molecule has 2 aromatic rings. The van der Waals surface area contributed by atoms with E-state index < -0.39 is 0 Å². The molecular weight excluding hydrogens is 168 g/mol. The van der Waals surface area contributed by atoms with E-state index >= 15 is 0 Å². The van der Waals surface area contributed by atoms with Gasteiger partial charge in [0.25, 0.3) is 0 Å². The smallest absolute Gasteiger partial charge is 0.105 e. The van der Waals surface area contributed by atoms with Gasteiger partial charge >= 0.3 is 0 Å². The van der Waals surface area contributed by atoms with Crippen LogP contribution in [0.15, 0.2) is 12.1 Å². The molecule has 0 atom stereocenters. The molecule has 0 N–H and O–H groups in total. The summed E-state index contributed by atoms with van der Waals surface area (Å²) in [5.74, 6) is 0. The van der Waals surface area contributed by atoms with Crippen LogP contribution >= 0.6 is 11.7 Å². The number of hydrogen-bond acceptors (Lipinski definition) is 3. The molecule has 3 rings (SSSR count). The fraction of sp³-hybridized carbons (Fsp3) is 0.333. The minimum atomic E-state index is 1.07. The fourth-order valence-electron chi connectivity index (χ4n) is 1.85. The maximum atomic E-state index is 4.23. The average Bonchev–Trinajstić information content (AvgIpc) is 2.64. The number of hydrogen-bond donors (Lipinski definition) is 0. The maximum absolute atomic E-state index is 4.23. The van der Waals surface area contributed by atoms with Gasteiger partial charge in [-0.3, -0.25) is 0 Å². The Morgan fingerprint density at radius 2 is 1.58 bits per heavy atom. The molecule has 1 aliphatic rings. The fourth-order valence-corrected chi connectivity index (χ4v) is 2.36. The molecule has 0 spiro atoms. The summed E-state index contributed by atoms with van der Waals surface area (Å²) < 4.78 is 8.45. The van der Waals surface area contributed by atoms with E-state index in [1.165, 1.54) is 42.1 Å². The van der Waals surface area contributed by atoms with Gasteiger partial charge in [0.15, 0.2) is 0 Å². The average molecular weight is 176 g/mol. The van der Waals surface area contributed by atoms with E-state index in [4.69, 9.17) is 0 Å². The van der Waals surface area contributed by atoms with Crippen molar-refractivity contribution in [2.75, 3.05) is 0 Å². The summed E-state index contributed by atoms with van der Waals surface area (Å²) in [7, 11) is 0. The number of aromatic nitrogens is 2. The zero-order valence-corrected chi connectivity index (χ0v) is 7.40. The second kappa shape index (κ2) is 2.26. The van der Waals surface area contributed by atoms with E-state index in [0.717, 1.165) is 11.0 Å². The summed E-state index contributed by atoms with van der Waals surface area (Å²) in [5.41, 5.74) is 5.10. The zero-order valence-electron chi connectivity index (χ0n) is 6.58. The number of nitrogens with zero attached hydrogens (tertiary/aromatic N) is 2. The predicted octanol–water partition coefficient (Wildman–Crippen LogP) is 2.18. The van der Waals surface area contributed by atoms with Crippen molar-refractivity contribution in [2.45, 2.75) is 19.3 Å². The second-order valence-electron chi connectivity index (χ2n) is 3.23. The quantitative estimate of drug-likeness (QED) is 0.615. The van der Waals surface area contributed by atoms with Gasteiger partial charge in [0.05, 0.1) is 11.7 Å². The van der Waals surface area contributed by atoms with Gasteiger partial charge < -0.3 is 0 Å². The van der Waals surface area contributed by atoms with Gasteiger partial charge in [0.1, 0.15) is 11.0 Å². The Labute approximate surface area is 74.6 Å². The Morgan fingerprint density at radius 3 is 2.17 bits per heavy atom.